The van der Waals surface area contributed by atoms with E-state index in [0.717, 1.165) is 5.56 Å². The second kappa shape index (κ2) is 7.11. The summed E-state index contributed by atoms with van der Waals surface area (Å²) in [6, 6.07) is 18.6. The molecule has 0 aliphatic heterocycles. The third-order valence-electron chi connectivity index (χ3n) is 2.99. The summed E-state index contributed by atoms with van der Waals surface area (Å²) in [5.41, 5.74) is 1.44. The molecule has 106 valence electrons. The first-order valence-electron chi connectivity index (χ1n) is 6.68. The number of carbonyl (C=O) groups is 1. The van der Waals surface area contributed by atoms with E-state index in [1.807, 2.05) is 36.4 Å². The molecule has 4 heteroatoms. The minimum atomic E-state index is -0.664. The van der Waals surface area contributed by atoms with Crippen molar-refractivity contribution in [2.45, 2.75) is 19.6 Å². The number of nitrogens with one attached hydrogen (secondary N) is 1. The topological polar surface area (TPSA) is 62.1 Å². The molecule has 2 aromatic carbocycles. The van der Waals surface area contributed by atoms with Gasteiger partial charge in [0, 0.05) is 6.54 Å². The van der Waals surface area contributed by atoms with Crippen molar-refractivity contribution in [1.82, 2.24) is 5.32 Å². The van der Waals surface area contributed by atoms with Crippen molar-refractivity contribution in [2.75, 3.05) is 0 Å². The Labute approximate surface area is 124 Å². The lowest BCUT2D eigenvalue weighted by Gasteiger charge is -2.15. The number of amides is 1. The number of nitriles is 1. The zero-order valence-corrected chi connectivity index (χ0v) is 11.7. The van der Waals surface area contributed by atoms with Gasteiger partial charge in [-0.15, -0.1) is 0 Å². The molecule has 0 aliphatic rings. The van der Waals surface area contributed by atoms with Crippen molar-refractivity contribution < 1.29 is 9.53 Å². The number of nitrogens with zero attached hydrogens (tertiary/aromatic N) is 1. The second-order valence-electron chi connectivity index (χ2n) is 4.57. The summed E-state index contributed by atoms with van der Waals surface area (Å²) in [5, 5.41) is 11.8. The maximum atomic E-state index is 12.0. The van der Waals surface area contributed by atoms with Gasteiger partial charge in [-0.3, -0.25) is 4.79 Å². The average molecular weight is 280 g/mol. The van der Waals surface area contributed by atoms with Crippen LogP contribution < -0.4 is 10.1 Å². The zero-order valence-electron chi connectivity index (χ0n) is 11.7. The Kier molecular flexibility index (Phi) is 4.94. The molecular formula is C17H16N2O2. The molecule has 1 atom stereocenters. The molecule has 0 heterocycles. The van der Waals surface area contributed by atoms with Crippen LogP contribution in [0.4, 0.5) is 0 Å². The molecule has 0 saturated carbocycles. The summed E-state index contributed by atoms with van der Waals surface area (Å²) in [4.78, 5) is 12.0. The minimum absolute atomic E-state index is 0.216. The van der Waals surface area contributed by atoms with E-state index in [0.29, 0.717) is 17.9 Å². The first-order chi connectivity index (χ1) is 10.2. The van der Waals surface area contributed by atoms with Gasteiger partial charge in [-0.2, -0.15) is 5.26 Å². The van der Waals surface area contributed by atoms with E-state index in [2.05, 4.69) is 5.32 Å². The molecule has 0 spiro atoms. The molecule has 21 heavy (non-hydrogen) atoms. The minimum Gasteiger partial charge on any atom is -0.480 e. The molecule has 4 nitrogen and oxygen atoms in total. The lowest BCUT2D eigenvalue weighted by Crippen LogP contribution is -2.36. The Morgan fingerprint density at radius 3 is 2.57 bits per heavy atom. The van der Waals surface area contributed by atoms with Crippen LogP contribution >= 0.6 is 0 Å². The van der Waals surface area contributed by atoms with Crippen LogP contribution in [0.25, 0.3) is 0 Å². The zero-order chi connectivity index (χ0) is 15.1. The van der Waals surface area contributed by atoms with Gasteiger partial charge in [0.2, 0.25) is 0 Å². The first kappa shape index (κ1) is 14.6. The summed E-state index contributed by atoms with van der Waals surface area (Å²) in [6.45, 7) is 2.11. The highest BCUT2D eigenvalue weighted by Gasteiger charge is 2.15. The first-order valence-corrected chi connectivity index (χ1v) is 6.68. The van der Waals surface area contributed by atoms with Crippen molar-refractivity contribution in [2.24, 2.45) is 0 Å². The fraction of sp³-hybridized carbons (Fsp3) is 0.176. The van der Waals surface area contributed by atoms with Crippen LogP contribution in [0.2, 0.25) is 0 Å². The Bertz CT molecular complexity index is 647. The van der Waals surface area contributed by atoms with E-state index in [1.165, 1.54) is 0 Å². The van der Waals surface area contributed by atoms with Gasteiger partial charge in [0.05, 0.1) is 5.56 Å². The molecule has 1 N–H and O–H groups in total. The molecule has 0 aromatic heterocycles. The normalized spacial score (nSPS) is 11.2. The molecule has 0 saturated heterocycles. The van der Waals surface area contributed by atoms with Crippen LogP contribution in [0.15, 0.2) is 54.6 Å². The molecule has 2 aromatic rings. The van der Waals surface area contributed by atoms with Gasteiger partial charge in [0.25, 0.3) is 5.91 Å². The highest BCUT2D eigenvalue weighted by Crippen LogP contribution is 2.18. The number of hydrogen-bond acceptors (Lipinski definition) is 3. The predicted molar refractivity (Wildman–Crippen MR) is 79.5 cm³/mol. The van der Waals surface area contributed by atoms with Gasteiger partial charge in [0.15, 0.2) is 6.10 Å². The van der Waals surface area contributed by atoms with Crippen LogP contribution in [0.5, 0.6) is 5.75 Å². The molecule has 0 radical (unpaired) electrons. The number of para-hydroxylation sites is 1. The van der Waals surface area contributed by atoms with Gasteiger partial charge in [0.1, 0.15) is 11.8 Å². The summed E-state index contributed by atoms with van der Waals surface area (Å²) in [6.07, 6.45) is -0.664. The van der Waals surface area contributed by atoms with E-state index in [-0.39, 0.29) is 5.91 Å². The lowest BCUT2D eigenvalue weighted by molar-refractivity contribution is -0.127. The second-order valence-corrected chi connectivity index (χ2v) is 4.57. The molecule has 1 amide bonds. The fourth-order valence-corrected chi connectivity index (χ4v) is 1.83. The molecular weight excluding hydrogens is 264 g/mol. The van der Waals surface area contributed by atoms with E-state index in [4.69, 9.17) is 10.00 Å². The van der Waals surface area contributed by atoms with E-state index < -0.39 is 6.10 Å². The van der Waals surface area contributed by atoms with Crippen LogP contribution in [-0.2, 0) is 11.3 Å². The monoisotopic (exact) mass is 280 g/mol. The standard InChI is InChI=1S/C17H16N2O2/c1-13(21-16-10-6-5-9-15(16)11-18)17(20)19-12-14-7-3-2-4-8-14/h2-10,13H,12H2,1H3,(H,19,20). The van der Waals surface area contributed by atoms with Crippen LogP contribution in [0.3, 0.4) is 0 Å². The lowest BCUT2D eigenvalue weighted by atomic mass is 10.2. The van der Waals surface area contributed by atoms with Crippen molar-refractivity contribution in [3.63, 3.8) is 0 Å². The van der Waals surface area contributed by atoms with Crippen molar-refractivity contribution in [3.8, 4) is 11.8 Å². The highest BCUT2D eigenvalue weighted by molar-refractivity contribution is 5.80. The predicted octanol–water partition coefficient (Wildman–Crippen LogP) is 2.64. The highest BCUT2D eigenvalue weighted by atomic mass is 16.5. The van der Waals surface area contributed by atoms with Crippen LogP contribution in [0.1, 0.15) is 18.1 Å². The maximum absolute atomic E-state index is 12.0. The third kappa shape index (κ3) is 4.08. The Hall–Kier alpha value is -2.80. The van der Waals surface area contributed by atoms with Gasteiger partial charge >= 0.3 is 0 Å². The maximum Gasteiger partial charge on any atom is 0.261 e. The van der Waals surface area contributed by atoms with Crippen molar-refractivity contribution in [1.29, 1.82) is 5.26 Å². The number of carbonyl (C=O) groups excluding carboxylic acids is 1. The van der Waals surface area contributed by atoms with Crippen LogP contribution in [-0.4, -0.2) is 12.0 Å². The van der Waals surface area contributed by atoms with Gasteiger partial charge in [-0.1, -0.05) is 42.5 Å². The fourth-order valence-electron chi connectivity index (χ4n) is 1.83. The Balaban J connectivity index is 1.92. The molecule has 0 bridgehead atoms. The number of benzene rings is 2. The van der Waals surface area contributed by atoms with E-state index >= 15 is 0 Å². The largest absolute Gasteiger partial charge is 0.480 e. The molecule has 2 rings (SSSR count). The Morgan fingerprint density at radius 1 is 1.19 bits per heavy atom. The number of rotatable bonds is 5. The summed E-state index contributed by atoms with van der Waals surface area (Å²) in [7, 11) is 0. The average Bonchev–Trinajstić information content (AvgIpc) is 2.54. The van der Waals surface area contributed by atoms with E-state index in [1.54, 1.807) is 31.2 Å². The third-order valence-corrected chi connectivity index (χ3v) is 2.99. The van der Waals surface area contributed by atoms with Gasteiger partial charge < -0.3 is 10.1 Å². The van der Waals surface area contributed by atoms with Gasteiger partial charge in [-0.25, -0.2) is 0 Å². The number of ether oxygens (including phenoxy) is 1. The van der Waals surface area contributed by atoms with Gasteiger partial charge in [-0.05, 0) is 24.6 Å². The van der Waals surface area contributed by atoms with E-state index in [9.17, 15) is 4.79 Å². The SMILES string of the molecule is CC(Oc1ccccc1C#N)C(=O)NCc1ccccc1. The van der Waals surface area contributed by atoms with Crippen LogP contribution in [0, 0.1) is 11.3 Å². The number of hydrogen-bond donors (Lipinski definition) is 1. The molecule has 0 aliphatic carbocycles. The van der Waals surface area contributed by atoms with Crippen molar-refractivity contribution >= 4 is 5.91 Å². The summed E-state index contributed by atoms with van der Waals surface area (Å²) in [5.74, 6) is 0.203. The van der Waals surface area contributed by atoms with Crippen molar-refractivity contribution in [3.05, 3.63) is 65.7 Å². The molecule has 0 fully saturated rings. The summed E-state index contributed by atoms with van der Waals surface area (Å²) < 4.78 is 5.55. The molecule has 1 unspecified atom stereocenters. The smallest absolute Gasteiger partial charge is 0.261 e. The Morgan fingerprint density at radius 2 is 1.86 bits per heavy atom. The summed E-state index contributed by atoms with van der Waals surface area (Å²) >= 11 is 0. The quantitative estimate of drug-likeness (QED) is 0.915.